The summed E-state index contributed by atoms with van der Waals surface area (Å²) in [5.41, 5.74) is -0.0199. The van der Waals surface area contributed by atoms with Gasteiger partial charge in [0.1, 0.15) is 5.75 Å². The van der Waals surface area contributed by atoms with Crippen LogP contribution in [0.2, 0.25) is 0 Å². The van der Waals surface area contributed by atoms with E-state index in [0.717, 1.165) is 19.5 Å². The van der Waals surface area contributed by atoms with Crippen LogP contribution < -0.4 is 10.1 Å². The average molecular weight is 227 g/mol. The maximum atomic E-state index is 12.6. The van der Waals surface area contributed by atoms with Gasteiger partial charge in [0, 0.05) is 12.5 Å². The predicted octanol–water partition coefficient (Wildman–Crippen LogP) is 2.61. The normalized spacial score (nSPS) is 20.3. The first-order valence-corrected chi connectivity index (χ1v) is 5.48. The first kappa shape index (κ1) is 11.3. The summed E-state index contributed by atoms with van der Waals surface area (Å²) in [6.45, 7) is 2.41. The van der Waals surface area contributed by atoms with Gasteiger partial charge < -0.3 is 10.1 Å². The van der Waals surface area contributed by atoms with Gasteiger partial charge in [-0.2, -0.15) is 0 Å². The molecule has 0 radical (unpaired) electrons. The summed E-state index contributed by atoms with van der Waals surface area (Å²) in [6, 6.07) is 6.33. The molecule has 0 saturated carbocycles. The molecular weight excluding hydrogens is 212 g/mol. The molecule has 1 aromatic rings. The fraction of sp³-hybridized carbons (Fsp3) is 0.500. The minimum absolute atomic E-state index is 0.0199. The molecule has 1 saturated heterocycles. The van der Waals surface area contributed by atoms with E-state index < -0.39 is 6.43 Å². The molecule has 4 heteroatoms. The molecule has 1 heterocycles. The molecule has 1 aliphatic rings. The lowest BCUT2D eigenvalue weighted by atomic mass is 10.1. The summed E-state index contributed by atoms with van der Waals surface area (Å²) < 4.78 is 30.7. The van der Waals surface area contributed by atoms with Crippen LogP contribution in [0.5, 0.6) is 5.75 Å². The van der Waals surface area contributed by atoms with Crippen LogP contribution in [0.3, 0.4) is 0 Å². The van der Waals surface area contributed by atoms with Gasteiger partial charge in [-0.25, -0.2) is 8.78 Å². The minimum atomic E-state index is -2.47. The number of ether oxygens (including phenoxy) is 1. The van der Waals surface area contributed by atoms with Crippen molar-refractivity contribution in [3.05, 3.63) is 29.8 Å². The highest BCUT2D eigenvalue weighted by Gasteiger charge is 2.17. The van der Waals surface area contributed by atoms with Gasteiger partial charge in [-0.15, -0.1) is 0 Å². The third-order valence-corrected chi connectivity index (χ3v) is 2.79. The van der Waals surface area contributed by atoms with Crippen molar-refractivity contribution in [3.63, 3.8) is 0 Å². The summed E-state index contributed by atoms with van der Waals surface area (Å²) in [4.78, 5) is 0. The highest BCUT2D eigenvalue weighted by Crippen LogP contribution is 2.29. The second-order valence-corrected chi connectivity index (χ2v) is 4.01. The molecule has 1 atom stereocenters. The lowest BCUT2D eigenvalue weighted by molar-refractivity contribution is 0.143. The topological polar surface area (TPSA) is 21.3 Å². The second-order valence-electron chi connectivity index (χ2n) is 4.01. The predicted molar refractivity (Wildman–Crippen MR) is 57.9 cm³/mol. The Morgan fingerprint density at radius 3 is 2.88 bits per heavy atom. The largest absolute Gasteiger partial charge is 0.493 e. The van der Waals surface area contributed by atoms with Gasteiger partial charge in [-0.3, -0.25) is 0 Å². The number of hydrogen-bond acceptors (Lipinski definition) is 2. The molecule has 1 aromatic carbocycles. The van der Waals surface area contributed by atoms with E-state index in [-0.39, 0.29) is 5.56 Å². The fourth-order valence-corrected chi connectivity index (χ4v) is 1.86. The molecular formula is C12H15F2NO. The van der Waals surface area contributed by atoms with Gasteiger partial charge in [-0.1, -0.05) is 12.1 Å². The number of hydrogen-bond donors (Lipinski definition) is 1. The Morgan fingerprint density at radius 1 is 1.38 bits per heavy atom. The van der Waals surface area contributed by atoms with Crippen molar-refractivity contribution in [2.45, 2.75) is 12.8 Å². The molecule has 0 bridgehead atoms. The van der Waals surface area contributed by atoms with Crippen LogP contribution in [0.4, 0.5) is 8.78 Å². The van der Waals surface area contributed by atoms with Gasteiger partial charge in [-0.05, 0) is 25.1 Å². The zero-order valence-corrected chi connectivity index (χ0v) is 8.96. The summed E-state index contributed by atoms with van der Waals surface area (Å²) in [5.74, 6) is 0.745. The van der Waals surface area contributed by atoms with Crippen molar-refractivity contribution < 1.29 is 13.5 Å². The van der Waals surface area contributed by atoms with E-state index in [2.05, 4.69) is 5.32 Å². The van der Waals surface area contributed by atoms with E-state index in [9.17, 15) is 8.78 Å². The van der Waals surface area contributed by atoms with E-state index in [1.165, 1.54) is 6.07 Å². The molecule has 0 amide bonds. The van der Waals surface area contributed by atoms with Gasteiger partial charge >= 0.3 is 0 Å². The van der Waals surface area contributed by atoms with E-state index >= 15 is 0 Å². The summed E-state index contributed by atoms with van der Waals surface area (Å²) in [5, 5.41) is 3.22. The number of rotatable bonds is 4. The van der Waals surface area contributed by atoms with E-state index in [1.807, 2.05) is 0 Å². The average Bonchev–Trinajstić information content (AvgIpc) is 2.79. The maximum absolute atomic E-state index is 12.6. The maximum Gasteiger partial charge on any atom is 0.267 e. The first-order chi connectivity index (χ1) is 7.77. The van der Waals surface area contributed by atoms with Gasteiger partial charge in [0.15, 0.2) is 0 Å². The monoisotopic (exact) mass is 227 g/mol. The SMILES string of the molecule is FC(F)c1ccccc1OCC1CCNC1. The van der Waals surface area contributed by atoms with Gasteiger partial charge in [0.25, 0.3) is 6.43 Å². The molecule has 1 N–H and O–H groups in total. The molecule has 1 aliphatic heterocycles. The molecule has 16 heavy (non-hydrogen) atoms. The van der Waals surface area contributed by atoms with Crippen LogP contribution in [-0.4, -0.2) is 19.7 Å². The van der Waals surface area contributed by atoms with Crippen molar-refractivity contribution in [1.29, 1.82) is 0 Å². The molecule has 1 fully saturated rings. The van der Waals surface area contributed by atoms with Crippen LogP contribution >= 0.6 is 0 Å². The molecule has 0 aromatic heterocycles. The molecule has 2 nitrogen and oxygen atoms in total. The van der Waals surface area contributed by atoms with Crippen molar-refractivity contribution >= 4 is 0 Å². The Labute approximate surface area is 93.6 Å². The zero-order chi connectivity index (χ0) is 11.4. The van der Waals surface area contributed by atoms with E-state index in [0.29, 0.717) is 18.3 Å². The quantitative estimate of drug-likeness (QED) is 0.853. The lowest BCUT2D eigenvalue weighted by Gasteiger charge is -2.13. The molecule has 2 rings (SSSR count). The van der Waals surface area contributed by atoms with E-state index in [1.54, 1.807) is 18.2 Å². The van der Waals surface area contributed by atoms with Crippen molar-refractivity contribution in [2.75, 3.05) is 19.7 Å². The summed E-state index contributed by atoms with van der Waals surface area (Å²) >= 11 is 0. The smallest absolute Gasteiger partial charge is 0.267 e. The molecule has 88 valence electrons. The highest BCUT2D eigenvalue weighted by atomic mass is 19.3. The standard InChI is InChI=1S/C12H15F2NO/c13-12(14)10-3-1-2-4-11(10)16-8-9-5-6-15-7-9/h1-4,9,12,15H,5-8H2. The van der Waals surface area contributed by atoms with Crippen molar-refractivity contribution in [3.8, 4) is 5.75 Å². The Morgan fingerprint density at radius 2 is 2.19 bits per heavy atom. The number of para-hydroxylation sites is 1. The number of halogens is 2. The highest BCUT2D eigenvalue weighted by molar-refractivity contribution is 5.34. The number of nitrogens with one attached hydrogen (secondary N) is 1. The van der Waals surface area contributed by atoms with Gasteiger partial charge in [0.2, 0.25) is 0 Å². The summed E-state index contributed by atoms with van der Waals surface area (Å²) in [6.07, 6.45) is -1.42. The minimum Gasteiger partial charge on any atom is -0.493 e. The van der Waals surface area contributed by atoms with Crippen LogP contribution in [0.15, 0.2) is 24.3 Å². The number of alkyl halides is 2. The number of benzene rings is 1. The Bertz CT molecular complexity index is 338. The summed E-state index contributed by atoms with van der Waals surface area (Å²) in [7, 11) is 0. The lowest BCUT2D eigenvalue weighted by Crippen LogP contribution is -2.16. The first-order valence-electron chi connectivity index (χ1n) is 5.48. The molecule has 0 aliphatic carbocycles. The zero-order valence-electron chi connectivity index (χ0n) is 8.96. The third kappa shape index (κ3) is 2.70. The fourth-order valence-electron chi connectivity index (χ4n) is 1.86. The Hall–Kier alpha value is -1.16. The molecule has 1 unspecified atom stereocenters. The van der Waals surface area contributed by atoms with Gasteiger partial charge in [0.05, 0.1) is 12.2 Å². The Kier molecular flexibility index (Phi) is 3.72. The van der Waals surface area contributed by atoms with Crippen LogP contribution in [0.25, 0.3) is 0 Å². The van der Waals surface area contributed by atoms with Crippen LogP contribution in [-0.2, 0) is 0 Å². The van der Waals surface area contributed by atoms with Crippen molar-refractivity contribution in [1.82, 2.24) is 5.32 Å². The molecule has 0 spiro atoms. The van der Waals surface area contributed by atoms with Crippen LogP contribution in [0.1, 0.15) is 18.4 Å². The second kappa shape index (κ2) is 5.25. The van der Waals surface area contributed by atoms with Crippen molar-refractivity contribution in [2.24, 2.45) is 5.92 Å². The third-order valence-electron chi connectivity index (χ3n) is 2.79. The van der Waals surface area contributed by atoms with E-state index in [4.69, 9.17) is 4.74 Å². The van der Waals surface area contributed by atoms with Crippen LogP contribution in [0, 0.1) is 5.92 Å². The Balaban J connectivity index is 1.97.